The molecule has 0 aliphatic carbocycles. The lowest BCUT2D eigenvalue weighted by Crippen LogP contribution is -2.34. The fourth-order valence-electron chi connectivity index (χ4n) is 2.65. The molecule has 0 aromatic heterocycles. The van der Waals surface area contributed by atoms with E-state index in [1.807, 2.05) is 6.92 Å². The number of alkyl halides is 2. The van der Waals surface area contributed by atoms with Crippen LogP contribution < -0.4 is 5.73 Å². The monoisotopic (exact) mass is 332 g/mol. The number of amides is 1. The van der Waals surface area contributed by atoms with Crippen molar-refractivity contribution < 1.29 is 22.0 Å². The minimum absolute atomic E-state index is 0.0468. The Kier molecular flexibility index (Phi) is 4.81. The average Bonchev–Trinajstić information content (AvgIpc) is 2.87. The summed E-state index contributed by atoms with van der Waals surface area (Å²) in [6, 6.07) is 4.65. The van der Waals surface area contributed by atoms with E-state index in [-0.39, 0.29) is 23.4 Å². The first-order chi connectivity index (χ1) is 10.3. The van der Waals surface area contributed by atoms with Crippen LogP contribution >= 0.6 is 0 Å². The zero-order valence-corrected chi connectivity index (χ0v) is 12.9. The number of hydrogen-bond acceptors (Lipinski definition) is 4. The first-order valence-corrected chi connectivity index (χ1v) is 8.45. The second-order valence-electron chi connectivity index (χ2n) is 5.47. The quantitative estimate of drug-likeness (QED) is 0.906. The third-order valence-electron chi connectivity index (χ3n) is 3.92. The van der Waals surface area contributed by atoms with E-state index in [2.05, 4.69) is 0 Å². The summed E-state index contributed by atoms with van der Waals surface area (Å²) in [5, 5.41) is 0. The minimum atomic E-state index is -4.64. The number of nitrogens with zero attached hydrogens (tertiary/aromatic N) is 1. The van der Waals surface area contributed by atoms with Gasteiger partial charge in [-0.1, -0.05) is 0 Å². The van der Waals surface area contributed by atoms with Crippen molar-refractivity contribution in [3.63, 3.8) is 0 Å². The summed E-state index contributed by atoms with van der Waals surface area (Å²) in [6.07, 6.45) is 0.820. The van der Waals surface area contributed by atoms with Crippen LogP contribution in [0.5, 0.6) is 0 Å². The van der Waals surface area contributed by atoms with Gasteiger partial charge in [-0.25, -0.2) is 8.42 Å². The highest BCUT2D eigenvalue weighted by Gasteiger charge is 2.32. The molecule has 1 aliphatic rings. The van der Waals surface area contributed by atoms with Gasteiger partial charge in [0.15, 0.2) is 0 Å². The van der Waals surface area contributed by atoms with Crippen molar-refractivity contribution in [2.45, 2.75) is 30.0 Å². The summed E-state index contributed by atoms with van der Waals surface area (Å²) in [5.41, 5.74) is 5.89. The molecular weight excluding hydrogens is 314 g/mol. The van der Waals surface area contributed by atoms with Gasteiger partial charge >= 0.3 is 5.76 Å². The third-order valence-corrected chi connectivity index (χ3v) is 5.32. The number of halogens is 2. The molecule has 1 aliphatic heterocycles. The molecule has 0 bridgehead atoms. The van der Waals surface area contributed by atoms with Gasteiger partial charge in [-0.2, -0.15) is 8.78 Å². The molecule has 2 unspecified atom stereocenters. The van der Waals surface area contributed by atoms with Crippen LogP contribution in [-0.4, -0.2) is 44.1 Å². The highest BCUT2D eigenvalue weighted by molar-refractivity contribution is 7.91. The molecule has 5 nitrogen and oxygen atoms in total. The molecule has 8 heteroatoms. The van der Waals surface area contributed by atoms with Crippen molar-refractivity contribution in [2.24, 2.45) is 11.7 Å². The maximum Gasteiger partial charge on any atom is 0.341 e. The van der Waals surface area contributed by atoms with Crippen molar-refractivity contribution in [2.75, 3.05) is 13.1 Å². The summed E-state index contributed by atoms with van der Waals surface area (Å²) >= 11 is 0. The Balaban J connectivity index is 2.19. The number of benzene rings is 1. The summed E-state index contributed by atoms with van der Waals surface area (Å²) in [5.74, 6) is -3.47. The SMILES string of the molecule is CC1CC(CN)CN1C(=O)c1ccc(S(=O)(=O)C(F)F)cc1. The zero-order chi connectivity index (χ0) is 16.5. The van der Waals surface area contributed by atoms with Crippen molar-refractivity contribution in [3.8, 4) is 0 Å². The van der Waals surface area contributed by atoms with Crippen LogP contribution in [0.4, 0.5) is 8.78 Å². The van der Waals surface area contributed by atoms with E-state index in [9.17, 15) is 22.0 Å². The van der Waals surface area contributed by atoms with E-state index < -0.39 is 20.5 Å². The molecule has 22 heavy (non-hydrogen) atoms. The molecule has 122 valence electrons. The van der Waals surface area contributed by atoms with Crippen LogP contribution in [0.15, 0.2) is 29.2 Å². The van der Waals surface area contributed by atoms with Gasteiger partial charge in [0, 0.05) is 18.2 Å². The lowest BCUT2D eigenvalue weighted by atomic mass is 10.1. The molecule has 2 rings (SSSR count). The first-order valence-electron chi connectivity index (χ1n) is 6.90. The Morgan fingerprint density at radius 1 is 1.36 bits per heavy atom. The van der Waals surface area contributed by atoms with Crippen LogP contribution in [0.25, 0.3) is 0 Å². The first kappa shape index (κ1) is 16.8. The fourth-order valence-corrected chi connectivity index (χ4v) is 3.37. The van der Waals surface area contributed by atoms with Gasteiger partial charge in [0.05, 0.1) is 4.90 Å². The summed E-state index contributed by atoms with van der Waals surface area (Å²) in [4.78, 5) is 13.6. The van der Waals surface area contributed by atoms with E-state index in [0.717, 1.165) is 18.6 Å². The van der Waals surface area contributed by atoms with Crippen LogP contribution in [0.3, 0.4) is 0 Å². The van der Waals surface area contributed by atoms with E-state index in [1.54, 1.807) is 4.90 Å². The van der Waals surface area contributed by atoms with Crippen LogP contribution in [0.1, 0.15) is 23.7 Å². The number of carbonyl (C=O) groups excluding carboxylic acids is 1. The number of rotatable bonds is 4. The normalized spacial score (nSPS) is 22.3. The largest absolute Gasteiger partial charge is 0.341 e. The van der Waals surface area contributed by atoms with E-state index in [1.165, 1.54) is 12.1 Å². The number of nitrogens with two attached hydrogens (primary N) is 1. The van der Waals surface area contributed by atoms with Gasteiger partial charge in [-0.15, -0.1) is 0 Å². The lowest BCUT2D eigenvalue weighted by molar-refractivity contribution is 0.0743. The highest BCUT2D eigenvalue weighted by atomic mass is 32.2. The smallest absolute Gasteiger partial charge is 0.336 e. The van der Waals surface area contributed by atoms with Gasteiger partial charge in [0.25, 0.3) is 5.91 Å². The van der Waals surface area contributed by atoms with Gasteiger partial charge in [-0.3, -0.25) is 4.79 Å². The Morgan fingerprint density at radius 2 is 1.95 bits per heavy atom. The fraction of sp³-hybridized carbons (Fsp3) is 0.500. The molecule has 0 saturated carbocycles. The van der Waals surface area contributed by atoms with Crippen molar-refractivity contribution in [3.05, 3.63) is 29.8 Å². The molecule has 0 radical (unpaired) electrons. The molecule has 1 amide bonds. The Bertz CT molecular complexity index is 647. The van der Waals surface area contributed by atoms with Gasteiger partial charge < -0.3 is 10.6 Å². The molecule has 1 aromatic rings. The lowest BCUT2D eigenvalue weighted by Gasteiger charge is -2.21. The maximum atomic E-state index is 12.5. The summed E-state index contributed by atoms with van der Waals surface area (Å²) < 4.78 is 47.6. The van der Waals surface area contributed by atoms with Crippen LogP contribution in [0, 0.1) is 5.92 Å². The number of likely N-dealkylation sites (tertiary alicyclic amines) is 1. The highest BCUT2D eigenvalue weighted by Crippen LogP contribution is 2.25. The molecular formula is C14H18F2N2O3S. The Morgan fingerprint density at radius 3 is 2.41 bits per heavy atom. The van der Waals surface area contributed by atoms with Gasteiger partial charge in [0.2, 0.25) is 9.84 Å². The third kappa shape index (κ3) is 3.12. The topological polar surface area (TPSA) is 80.5 Å². The van der Waals surface area contributed by atoms with E-state index in [4.69, 9.17) is 5.73 Å². The van der Waals surface area contributed by atoms with E-state index >= 15 is 0 Å². The van der Waals surface area contributed by atoms with Crippen molar-refractivity contribution in [1.29, 1.82) is 0 Å². The van der Waals surface area contributed by atoms with Crippen molar-refractivity contribution >= 4 is 15.7 Å². The standard InChI is InChI=1S/C14H18F2N2O3S/c1-9-6-10(7-17)8-18(9)13(19)11-2-4-12(5-3-11)22(20,21)14(15)16/h2-5,9-10,14H,6-8,17H2,1H3. The number of carbonyl (C=O) groups is 1. The zero-order valence-electron chi connectivity index (χ0n) is 12.1. The number of sulfone groups is 1. The van der Waals surface area contributed by atoms with Crippen LogP contribution in [0.2, 0.25) is 0 Å². The predicted octanol–water partition coefficient (Wildman–Crippen LogP) is 1.49. The maximum absolute atomic E-state index is 12.5. The second-order valence-corrected chi connectivity index (χ2v) is 7.39. The molecule has 2 atom stereocenters. The molecule has 0 spiro atoms. The van der Waals surface area contributed by atoms with Crippen LogP contribution in [-0.2, 0) is 9.84 Å². The van der Waals surface area contributed by atoms with Gasteiger partial charge in [-0.05, 0) is 50.1 Å². The minimum Gasteiger partial charge on any atom is -0.336 e. The Hall–Kier alpha value is -1.54. The Labute approximate surface area is 128 Å². The molecule has 2 N–H and O–H groups in total. The van der Waals surface area contributed by atoms with Gasteiger partial charge in [0.1, 0.15) is 0 Å². The van der Waals surface area contributed by atoms with Crippen molar-refractivity contribution in [1.82, 2.24) is 4.90 Å². The van der Waals surface area contributed by atoms with E-state index in [0.29, 0.717) is 13.1 Å². The molecule has 1 aromatic carbocycles. The molecule has 1 heterocycles. The second kappa shape index (κ2) is 6.29. The summed E-state index contributed by atoms with van der Waals surface area (Å²) in [7, 11) is -4.64. The molecule has 1 saturated heterocycles. The molecule has 1 fully saturated rings. The number of hydrogen-bond donors (Lipinski definition) is 1. The average molecular weight is 332 g/mol. The summed E-state index contributed by atoms with van der Waals surface area (Å²) in [6.45, 7) is 2.97. The predicted molar refractivity (Wildman–Crippen MR) is 77.3 cm³/mol.